The summed E-state index contributed by atoms with van der Waals surface area (Å²) in [5, 5.41) is 4.89. The fraction of sp³-hybridized carbons (Fsp3) is 0.393. The first-order chi connectivity index (χ1) is 17.1. The third kappa shape index (κ3) is 5.85. The molecule has 1 atom stereocenters. The van der Waals surface area contributed by atoms with Crippen molar-refractivity contribution < 1.29 is 23.1 Å². The monoisotopic (exact) mass is 495 g/mol. The number of carbonyl (C=O) groups is 1. The van der Waals surface area contributed by atoms with E-state index in [0.29, 0.717) is 19.1 Å². The van der Waals surface area contributed by atoms with Crippen LogP contribution in [0.1, 0.15) is 24.8 Å². The number of benzene rings is 2. The van der Waals surface area contributed by atoms with Gasteiger partial charge in [0.05, 0.1) is 26.2 Å². The molecule has 1 unspecified atom stereocenters. The lowest BCUT2D eigenvalue weighted by atomic mass is 9.83. The maximum absolute atomic E-state index is 13.7. The average molecular weight is 496 g/mol. The molecule has 1 N–H and O–H groups in total. The molecular formula is C28H32FN2O3S+. The minimum absolute atomic E-state index is 0.0438. The molecule has 184 valence electrons. The Morgan fingerprint density at radius 3 is 2.71 bits per heavy atom. The van der Waals surface area contributed by atoms with Crippen molar-refractivity contribution in [2.45, 2.75) is 31.9 Å². The minimum atomic E-state index is -0.370. The van der Waals surface area contributed by atoms with Crippen LogP contribution in [0.2, 0.25) is 0 Å². The predicted octanol–water partition coefficient (Wildman–Crippen LogP) is 5.86. The van der Waals surface area contributed by atoms with Gasteiger partial charge in [-0.25, -0.2) is 9.18 Å². The van der Waals surface area contributed by atoms with Crippen LogP contribution < -0.4 is 10.1 Å². The number of hydrogen-bond donors (Lipinski definition) is 1. The van der Waals surface area contributed by atoms with E-state index in [9.17, 15) is 9.18 Å². The minimum Gasteiger partial charge on any atom is -0.493 e. The van der Waals surface area contributed by atoms with E-state index in [1.54, 1.807) is 17.4 Å². The Labute approximate surface area is 210 Å². The third-order valence-electron chi connectivity index (χ3n) is 7.35. The first kappa shape index (κ1) is 23.8. The maximum atomic E-state index is 13.7. The second kappa shape index (κ2) is 10.8. The maximum Gasteiger partial charge on any atom is 0.407 e. The number of hydrogen-bond acceptors (Lipinski definition) is 4. The zero-order valence-corrected chi connectivity index (χ0v) is 20.6. The Morgan fingerprint density at radius 2 is 1.91 bits per heavy atom. The molecule has 35 heavy (non-hydrogen) atoms. The SMILES string of the molecule is O=C(NCc1ccsc1-c1cccc(F)c1)OC1C[N+]2(CCCOc3ccccc3)CCC1CC2. The van der Waals surface area contributed by atoms with Crippen LogP contribution in [0, 0.1) is 11.7 Å². The zero-order chi connectivity index (χ0) is 24.1. The van der Waals surface area contributed by atoms with Gasteiger partial charge in [-0.2, -0.15) is 0 Å². The molecule has 3 saturated heterocycles. The van der Waals surface area contributed by atoms with Gasteiger partial charge in [0.2, 0.25) is 0 Å². The molecule has 0 radical (unpaired) electrons. The van der Waals surface area contributed by atoms with Crippen molar-refractivity contribution in [2.75, 3.05) is 32.8 Å². The molecule has 3 fully saturated rings. The normalized spacial score (nSPS) is 23.1. The summed E-state index contributed by atoms with van der Waals surface area (Å²) < 4.78 is 26.5. The number of nitrogens with one attached hydrogen (secondary N) is 1. The van der Waals surface area contributed by atoms with Gasteiger partial charge >= 0.3 is 6.09 Å². The molecular weight excluding hydrogens is 463 g/mol. The van der Waals surface area contributed by atoms with E-state index in [-0.39, 0.29) is 18.0 Å². The quantitative estimate of drug-likeness (QED) is 0.299. The number of amides is 1. The molecule has 3 aromatic rings. The zero-order valence-electron chi connectivity index (χ0n) is 19.8. The van der Waals surface area contributed by atoms with Gasteiger partial charge in [-0.3, -0.25) is 0 Å². The molecule has 3 aliphatic rings. The van der Waals surface area contributed by atoms with E-state index in [1.807, 2.05) is 47.8 Å². The number of alkyl carbamates (subject to hydrolysis) is 1. The van der Waals surface area contributed by atoms with E-state index in [1.165, 1.54) is 12.1 Å². The number of carbonyl (C=O) groups excluding carboxylic acids is 1. The highest BCUT2D eigenvalue weighted by atomic mass is 32.1. The Morgan fingerprint density at radius 1 is 1.09 bits per heavy atom. The van der Waals surface area contributed by atoms with Crippen molar-refractivity contribution in [3.05, 3.63) is 77.4 Å². The van der Waals surface area contributed by atoms with Crippen LogP contribution in [0.5, 0.6) is 5.75 Å². The lowest BCUT2D eigenvalue weighted by Gasteiger charge is -2.52. The van der Waals surface area contributed by atoms with Crippen molar-refractivity contribution >= 4 is 17.4 Å². The van der Waals surface area contributed by atoms with Gasteiger partial charge in [-0.1, -0.05) is 30.3 Å². The largest absolute Gasteiger partial charge is 0.493 e. The van der Waals surface area contributed by atoms with Crippen molar-refractivity contribution in [1.29, 1.82) is 0 Å². The second-order valence-corrected chi connectivity index (χ2v) is 10.5. The number of para-hydroxylation sites is 1. The summed E-state index contributed by atoms with van der Waals surface area (Å²) in [5.74, 6) is 1.10. The van der Waals surface area contributed by atoms with Gasteiger partial charge in [0.1, 0.15) is 18.1 Å². The summed E-state index contributed by atoms with van der Waals surface area (Å²) in [6, 6.07) is 18.5. The molecule has 1 amide bonds. The summed E-state index contributed by atoms with van der Waals surface area (Å²) in [6.45, 7) is 5.31. The fourth-order valence-corrected chi connectivity index (χ4v) is 6.40. The molecule has 0 spiro atoms. The lowest BCUT2D eigenvalue weighted by Crippen LogP contribution is -2.65. The van der Waals surface area contributed by atoms with Gasteiger partial charge in [-0.15, -0.1) is 11.3 Å². The molecule has 0 aliphatic carbocycles. The topological polar surface area (TPSA) is 47.6 Å². The van der Waals surface area contributed by atoms with Gasteiger partial charge in [0.15, 0.2) is 6.10 Å². The molecule has 6 rings (SSSR count). The van der Waals surface area contributed by atoms with Crippen molar-refractivity contribution in [2.24, 2.45) is 5.92 Å². The molecule has 4 heterocycles. The second-order valence-electron chi connectivity index (χ2n) is 9.63. The number of nitrogens with zero attached hydrogens (tertiary/aromatic N) is 1. The molecule has 0 saturated carbocycles. The summed E-state index contributed by atoms with van der Waals surface area (Å²) >= 11 is 1.54. The number of rotatable bonds is 9. The fourth-order valence-electron chi connectivity index (χ4n) is 5.48. The number of piperidine rings is 3. The standard InChI is InChI=1S/C28H31FN2O3S/c29-24-7-4-6-22(18-24)27-23(12-17-35-27)19-30-28(32)34-26-20-31(14-10-21(26)11-15-31)13-5-16-33-25-8-2-1-3-9-25/h1-4,6-9,12,17-18,21,26H,5,10-11,13-16,19-20H2/p+1. The van der Waals surface area contributed by atoms with Crippen LogP contribution in [0.4, 0.5) is 9.18 Å². The molecule has 2 bridgehead atoms. The van der Waals surface area contributed by atoms with Crippen molar-refractivity contribution in [1.82, 2.24) is 5.32 Å². The highest BCUT2D eigenvalue weighted by Crippen LogP contribution is 2.36. The predicted molar refractivity (Wildman–Crippen MR) is 136 cm³/mol. The summed E-state index contributed by atoms with van der Waals surface area (Å²) in [5.41, 5.74) is 1.79. The number of halogens is 1. The highest BCUT2D eigenvalue weighted by molar-refractivity contribution is 7.13. The average Bonchev–Trinajstić information content (AvgIpc) is 3.36. The summed E-state index contributed by atoms with van der Waals surface area (Å²) in [4.78, 5) is 13.7. The van der Waals surface area contributed by atoms with Gasteiger partial charge in [0, 0.05) is 36.6 Å². The number of fused-ring (bicyclic) bond motifs is 3. The van der Waals surface area contributed by atoms with Gasteiger partial charge < -0.3 is 19.3 Å². The highest BCUT2D eigenvalue weighted by Gasteiger charge is 2.47. The van der Waals surface area contributed by atoms with Crippen LogP contribution in [-0.4, -0.2) is 49.5 Å². The van der Waals surface area contributed by atoms with Gasteiger partial charge in [-0.05, 0) is 46.8 Å². The molecule has 3 aliphatic heterocycles. The third-order valence-corrected chi connectivity index (χ3v) is 8.35. The number of ether oxygens (including phenoxy) is 2. The Hall–Kier alpha value is -2.90. The van der Waals surface area contributed by atoms with Gasteiger partial charge in [0.25, 0.3) is 0 Å². The Bertz CT molecular complexity index is 1130. The summed E-state index contributed by atoms with van der Waals surface area (Å²) in [7, 11) is 0. The first-order valence-corrected chi connectivity index (χ1v) is 13.3. The Kier molecular flexibility index (Phi) is 7.35. The smallest absolute Gasteiger partial charge is 0.407 e. The number of thiophene rings is 1. The van der Waals surface area contributed by atoms with E-state index in [2.05, 4.69) is 5.32 Å². The van der Waals surface area contributed by atoms with Crippen LogP contribution in [0.25, 0.3) is 10.4 Å². The summed E-state index contributed by atoms with van der Waals surface area (Å²) in [6.07, 6.45) is 2.78. The van der Waals surface area contributed by atoms with E-state index >= 15 is 0 Å². The number of quaternary nitrogens is 1. The van der Waals surface area contributed by atoms with E-state index in [4.69, 9.17) is 9.47 Å². The van der Waals surface area contributed by atoms with Crippen LogP contribution in [-0.2, 0) is 11.3 Å². The first-order valence-electron chi connectivity index (χ1n) is 12.4. The van der Waals surface area contributed by atoms with E-state index in [0.717, 1.165) is 71.7 Å². The Balaban J connectivity index is 1.11. The van der Waals surface area contributed by atoms with Crippen LogP contribution >= 0.6 is 11.3 Å². The van der Waals surface area contributed by atoms with E-state index < -0.39 is 0 Å². The molecule has 5 nitrogen and oxygen atoms in total. The van der Waals surface area contributed by atoms with Crippen LogP contribution in [0.3, 0.4) is 0 Å². The van der Waals surface area contributed by atoms with Crippen molar-refractivity contribution in [3.8, 4) is 16.2 Å². The molecule has 7 heteroatoms. The van der Waals surface area contributed by atoms with Crippen LogP contribution in [0.15, 0.2) is 66.0 Å². The molecule has 1 aromatic heterocycles. The lowest BCUT2D eigenvalue weighted by molar-refractivity contribution is -0.946. The van der Waals surface area contributed by atoms with Crippen molar-refractivity contribution in [3.63, 3.8) is 0 Å². The molecule has 2 aromatic carbocycles.